The Kier molecular flexibility index (Phi) is 5.69. The van der Waals surface area contributed by atoms with Crippen molar-refractivity contribution < 1.29 is 19.4 Å². The molecule has 1 aliphatic rings. The highest BCUT2D eigenvalue weighted by Gasteiger charge is 2.39. The third kappa shape index (κ3) is 3.73. The third-order valence-corrected chi connectivity index (χ3v) is 6.38. The van der Waals surface area contributed by atoms with Crippen LogP contribution in [-0.4, -0.2) is 53.1 Å². The molecule has 1 heterocycles. The quantitative estimate of drug-likeness (QED) is 0.493. The van der Waals surface area contributed by atoms with Crippen LogP contribution in [0, 0.1) is 0 Å². The molecule has 0 atom stereocenters. The lowest BCUT2D eigenvalue weighted by molar-refractivity contribution is 0.103. The minimum absolute atomic E-state index is 0.0331. The van der Waals surface area contributed by atoms with Crippen LogP contribution in [0.4, 0.5) is 10.5 Å². The molecule has 0 aliphatic heterocycles. The molecule has 4 rings (SSSR count). The Balaban J connectivity index is 1.69. The first-order chi connectivity index (χ1) is 15.3. The number of ketones is 1. The third-order valence-electron chi connectivity index (χ3n) is 6.38. The fraction of sp³-hybridized carbons (Fsp3) is 0.360. The van der Waals surface area contributed by atoms with Gasteiger partial charge < -0.3 is 19.7 Å². The first-order valence-electron chi connectivity index (χ1n) is 11.0. The number of carbonyl (C=O) groups excluding carboxylic acids is 1. The van der Waals surface area contributed by atoms with Crippen LogP contribution < -0.4 is 10.1 Å². The van der Waals surface area contributed by atoms with Gasteiger partial charge in [0.25, 0.3) is 0 Å². The Morgan fingerprint density at radius 2 is 1.91 bits per heavy atom. The Morgan fingerprint density at radius 3 is 2.59 bits per heavy atom. The van der Waals surface area contributed by atoms with E-state index in [1.165, 1.54) is 0 Å². The van der Waals surface area contributed by atoms with Gasteiger partial charge in [0.1, 0.15) is 12.4 Å². The number of aromatic nitrogens is 1. The largest absolute Gasteiger partial charge is 0.492 e. The Hall–Kier alpha value is -3.32. The molecule has 7 nitrogen and oxygen atoms in total. The number of rotatable bonds is 7. The molecule has 3 aromatic rings. The van der Waals surface area contributed by atoms with Crippen LogP contribution >= 0.6 is 0 Å². The number of benzene rings is 2. The summed E-state index contributed by atoms with van der Waals surface area (Å²) in [7, 11) is 0. The van der Waals surface area contributed by atoms with E-state index < -0.39 is 11.5 Å². The van der Waals surface area contributed by atoms with E-state index in [0.29, 0.717) is 23.4 Å². The van der Waals surface area contributed by atoms with Crippen molar-refractivity contribution in [2.75, 3.05) is 31.6 Å². The van der Waals surface area contributed by atoms with E-state index in [1.54, 1.807) is 18.2 Å². The van der Waals surface area contributed by atoms with Crippen molar-refractivity contribution in [3.05, 3.63) is 58.8 Å². The van der Waals surface area contributed by atoms with Gasteiger partial charge in [-0.2, -0.15) is 0 Å². The number of hydrogen-bond donors (Lipinski definition) is 3. The van der Waals surface area contributed by atoms with Gasteiger partial charge in [-0.15, -0.1) is 0 Å². The number of aromatic amines is 1. The number of amides is 1. The summed E-state index contributed by atoms with van der Waals surface area (Å²) in [5.41, 5.74) is 3.81. The van der Waals surface area contributed by atoms with Crippen LogP contribution in [0.25, 0.3) is 10.9 Å². The second-order valence-corrected chi connectivity index (χ2v) is 8.60. The number of hydrogen-bond acceptors (Lipinski definition) is 4. The topological polar surface area (TPSA) is 94.7 Å². The van der Waals surface area contributed by atoms with Gasteiger partial charge >= 0.3 is 6.09 Å². The zero-order chi connectivity index (χ0) is 23.0. The number of carboxylic acid groups (broad SMARTS) is 1. The molecule has 1 aromatic heterocycles. The lowest BCUT2D eigenvalue weighted by atomic mass is 9.71. The lowest BCUT2D eigenvalue weighted by Crippen LogP contribution is -2.30. The number of anilines is 1. The number of nitrogens with zero attached hydrogens (tertiary/aromatic N) is 1. The molecular weight excluding hydrogens is 406 g/mol. The maximum atomic E-state index is 13.4. The summed E-state index contributed by atoms with van der Waals surface area (Å²) in [6, 6.07) is 10.9. The van der Waals surface area contributed by atoms with E-state index in [0.717, 1.165) is 47.5 Å². The average molecular weight is 436 g/mol. The van der Waals surface area contributed by atoms with Crippen LogP contribution in [0.15, 0.2) is 36.4 Å². The van der Waals surface area contributed by atoms with E-state index in [4.69, 9.17) is 9.84 Å². The molecule has 7 heteroatoms. The van der Waals surface area contributed by atoms with E-state index in [9.17, 15) is 9.59 Å². The Labute approximate surface area is 187 Å². The summed E-state index contributed by atoms with van der Waals surface area (Å²) in [4.78, 5) is 30.1. The fourth-order valence-electron chi connectivity index (χ4n) is 4.53. The highest BCUT2D eigenvalue weighted by molar-refractivity contribution is 6.20. The molecule has 1 amide bonds. The van der Waals surface area contributed by atoms with E-state index >= 15 is 0 Å². The van der Waals surface area contributed by atoms with Gasteiger partial charge in [0.2, 0.25) is 0 Å². The van der Waals surface area contributed by atoms with Crippen LogP contribution in [-0.2, 0) is 5.41 Å². The van der Waals surface area contributed by atoms with Gasteiger partial charge in [0.05, 0.1) is 5.56 Å². The normalized spacial score (nSPS) is 14.3. The minimum atomic E-state index is -1.13. The average Bonchev–Trinajstić information content (AvgIpc) is 3.15. The molecule has 32 heavy (non-hydrogen) atoms. The minimum Gasteiger partial charge on any atom is -0.492 e. The second kappa shape index (κ2) is 8.31. The van der Waals surface area contributed by atoms with Crippen molar-refractivity contribution in [1.29, 1.82) is 0 Å². The van der Waals surface area contributed by atoms with Gasteiger partial charge in [-0.25, -0.2) is 4.79 Å². The summed E-state index contributed by atoms with van der Waals surface area (Å²) in [6.07, 6.45) is -1.13. The summed E-state index contributed by atoms with van der Waals surface area (Å²) in [6.45, 7) is 11.9. The Morgan fingerprint density at radius 1 is 1.16 bits per heavy atom. The van der Waals surface area contributed by atoms with Crippen LogP contribution in [0.2, 0.25) is 0 Å². The molecule has 168 valence electrons. The highest BCUT2D eigenvalue weighted by Crippen LogP contribution is 2.44. The van der Waals surface area contributed by atoms with Crippen LogP contribution in [0.1, 0.15) is 54.9 Å². The summed E-state index contributed by atoms with van der Waals surface area (Å²) in [5, 5.41) is 12.2. The maximum absolute atomic E-state index is 13.4. The van der Waals surface area contributed by atoms with Gasteiger partial charge in [-0.05, 0) is 49.0 Å². The predicted molar refractivity (Wildman–Crippen MR) is 125 cm³/mol. The van der Waals surface area contributed by atoms with Gasteiger partial charge in [0, 0.05) is 39.8 Å². The standard InChI is InChI=1S/C25H29N3O4/c1-5-28(6-2)11-12-32-16-8-10-17-19(14-16)25(3,4)23-21(22(17)29)18-9-7-15(26-24(30)31)13-20(18)27-23/h7-10,13-14,26-27H,5-6,11-12H2,1-4H3,(H,30,31). The van der Waals surface area contributed by atoms with Crippen molar-refractivity contribution in [3.8, 4) is 5.75 Å². The van der Waals surface area contributed by atoms with E-state index in [2.05, 4.69) is 42.9 Å². The zero-order valence-corrected chi connectivity index (χ0v) is 18.9. The first kappa shape index (κ1) is 21.9. The van der Waals surface area contributed by atoms with Crippen LogP contribution in [0.3, 0.4) is 0 Å². The van der Waals surface area contributed by atoms with Gasteiger partial charge in [-0.3, -0.25) is 10.1 Å². The van der Waals surface area contributed by atoms with E-state index in [-0.39, 0.29) is 5.78 Å². The lowest BCUT2D eigenvalue weighted by Gasteiger charge is -2.32. The number of carbonyl (C=O) groups is 2. The zero-order valence-electron chi connectivity index (χ0n) is 18.9. The number of H-pyrrole nitrogens is 1. The monoisotopic (exact) mass is 435 g/mol. The van der Waals surface area contributed by atoms with Crippen molar-refractivity contribution in [3.63, 3.8) is 0 Å². The second-order valence-electron chi connectivity index (χ2n) is 8.60. The molecular formula is C25H29N3O4. The molecule has 0 fully saturated rings. The molecule has 3 N–H and O–H groups in total. The summed E-state index contributed by atoms with van der Waals surface area (Å²) in [5.74, 6) is 0.721. The number of ether oxygens (including phenoxy) is 1. The molecule has 0 saturated carbocycles. The number of nitrogens with one attached hydrogen (secondary N) is 2. The molecule has 0 unspecified atom stereocenters. The van der Waals surface area contributed by atoms with Gasteiger partial charge in [-0.1, -0.05) is 33.8 Å². The Bertz CT molecular complexity index is 1190. The fourth-order valence-corrected chi connectivity index (χ4v) is 4.53. The first-order valence-corrected chi connectivity index (χ1v) is 11.0. The highest BCUT2D eigenvalue weighted by atomic mass is 16.5. The molecule has 1 aliphatic carbocycles. The maximum Gasteiger partial charge on any atom is 0.409 e. The van der Waals surface area contributed by atoms with Crippen molar-refractivity contribution in [1.82, 2.24) is 9.88 Å². The summed E-state index contributed by atoms with van der Waals surface area (Å²) >= 11 is 0. The van der Waals surface area contributed by atoms with Gasteiger partial charge in [0.15, 0.2) is 5.78 Å². The molecule has 0 saturated heterocycles. The van der Waals surface area contributed by atoms with Crippen LogP contribution in [0.5, 0.6) is 5.75 Å². The number of fused-ring (bicyclic) bond motifs is 4. The number of likely N-dealkylation sites (N-methyl/N-ethyl adjacent to an activating group) is 1. The summed E-state index contributed by atoms with van der Waals surface area (Å²) < 4.78 is 6.01. The molecule has 2 aromatic carbocycles. The molecule has 0 bridgehead atoms. The molecule has 0 spiro atoms. The van der Waals surface area contributed by atoms with Crippen molar-refractivity contribution in [2.24, 2.45) is 0 Å². The van der Waals surface area contributed by atoms with Crippen molar-refractivity contribution >= 4 is 28.5 Å². The SMILES string of the molecule is CCN(CC)CCOc1ccc2c(c1)C(C)(C)c1[nH]c3cc(NC(=O)O)ccc3c1C2=O. The molecule has 0 radical (unpaired) electrons. The predicted octanol–water partition coefficient (Wildman–Crippen LogP) is 4.85. The smallest absolute Gasteiger partial charge is 0.409 e. The van der Waals surface area contributed by atoms with Crippen molar-refractivity contribution in [2.45, 2.75) is 33.1 Å². The van der Waals surface area contributed by atoms with E-state index in [1.807, 2.05) is 18.2 Å².